The summed E-state index contributed by atoms with van der Waals surface area (Å²) in [5.41, 5.74) is 8.40. The highest BCUT2D eigenvalue weighted by molar-refractivity contribution is 9.10. The van der Waals surface area contributed by atoms with Crippen molar-refractivity contribution in [3.8, 4) is 0 Å². The molecule has 2 nitrogen and oxygen atoms in total. The van der Waals surface area contributed by atoms with Crippen molar-refractivity contribution >= 4 is 21.6 Å². The summed E-state index contributed by atoms with van der Waals surface area (Å²) >= 11 is 3.28. The molecule has 1 rings (SSSR count). The van der Waals surface area contributed by atoms with Gasteiger partial charge in [-0.2, -0.15) is 0 Å². The smallest absolute Gasteiger partial charge is 0.106 e. The van der Waals surface area contributed by atoms with E-state index in [0.29, 0.717) is 0 Å². The fraction of sp³-hybridized carbons (Fsp3) is 0.286. The van der Waals surface area contributed by atoms with Gasteiger partial charge in [-0.1, -0.05) is 0 Å². The van der Waals surface area contributed by atoms with Crippen LogP contribution in [-0.2, 0) is 0 Å². The molecule has 0 spiro atoms. The number of rotatable bonds is 0. The highest BCUT2D eigenvalue weighted by atomic mass is 79.9. The lowest BCUT2D eigenvalue weighted by atomic mass is 10.2. The molecule has 1 aromatic rings. The SMILES string of the molecule is Cc1cc(Br)nc(C)c1N. The minimum Gasteiger partial charge on any atom is -0.397 e. The van der Waals surface area contributed by atoms with Crippen LogP contribution in [0.4, 0.5) is 5.69 Å². The predicted molar refractivity (Wildman–Crippen MR) is 45.8 cm³/mol. The van der Waals surface area contributed by atoms with Gasteiger partial charge >= 0.3 is 0 Å². The quantitative estimate of drug-likeness (QED) is 0.652. The summed E-state index contributed by atoms with van der Waals surface area (Å²) in [6, 6.07) is 1.91. The van der Waals surface area contributed by atoms with Gasteiger partial charge < -0.3 is 5.73 Å². The van der Waals surface area contributed by atoms with Crippen LogP contribution in [0.1, 0.15) is 11.3 Å². The van der Waals surface area contributed by atoms with Crippen LogP contribution >= 0.6 is 15.9 Å². The molecule has 0 aliphatic rings. The van der Waals surface area contributed by atoms with E-state index in [-0.39, 0.29) is 0 Å². The number of pyridine rings is 1. The Morgan fingerprint density at radius 2 is 2.10 bits per heavy atom. The number of halogens is 1. The Hall–Kier alpha value is -0.570. The van der Waals surface area contributed by atoms with E-state index < -0.39 is 0 Å². The minimum atomic E-state index is 0.781. The van der Waals surface area contributed by atoms with Gasteiger partial charge in [0.15, 0.2) is 0 Å². The molecule has 0 aliphatic carbocycles. The van der Waals surface area contributed by atoms with E-state index in [0.717, 1.165) is 21.5 Å². The third-order valence-electron chi connectivity index (χ3n) is 1.42. The lowest BCUT2D eigenvalue weighted by Crippen LogP contribution is -1.96. The molecule has 0 radical (unpaired) electrons. The molecule has 0 aromatic carbocycles. The lowest BCUT2D eigenvalue weighted by molar-refractivity contribution is 1.15. The predicted octanol–water partition coefficient (Wildman–Crippen LogP) is 2.04. The fourth-order valence-corrected chi connectivity index (χ4v) is 1.40. The van der Waals surface area contributed by atoms with Crippen molar-refractivity contribution in [1.29, 1.82) is 0 Å². The molecule has 0 amide bonds. The number of anilines is 1. The molecule has 0 saturated carbocycles. The second kappa shape index (κ2) is 2.58. The Kier molecular flexibility index (Phi) is 1.94. The molecule has 2 N–H and O–H groups in total. The van der Waals surface area contributed by atoms with E-state index >= 15 is 0 Å². The number of hydrogen-bond donors (Lipinski definition) is 1. The van der Waals surface area contributed by atoms with E-state index in [4.69, 9.17) is 5.73 Å². The Bertz CT molecular complexity index is 235. The minimum absolute atomic E-state index is 0.781. The van der Waals surface area contributed by atoms with E-state index in [1.165, 1.54) is 0 Å². The summed E-state index contributed by atoms with van der Waals surface area (Å²) in [4.78, 5) is 4.13. The van der Waals surface area contributed by atoms with Crippen molar-refractivity contribution in [1.82, 2.24) is 4.98 Å². The van der Waals surface area contributed by atoms with Crippen LogP contribution < -0.4 is 5.73 Å². The first-order valence-corrected chi connectivity index (χ1v) is 3.80. The first-order chi connectivity index (χ1) is 4.61. The van der Waals surface area contributed by atoms with Crippen molar-refractivity contribution in [2.75, 3.05) is 5.73 Å². The van der Waals surface area contributed by atoms with Gasteiger partial charge in [-0.15, -0.1) is 0 Å². The average molecular weight is 201 g/mol. The summed E-state index contributed by atoms with van der Waals surface area (Å²) in [7, 11) is 0. The normalized spacial score (nSPS) is 9.90. The van der Waals surface area contributed by atoms with Gasteiger partial charge in [0.25, 0.3) is 0 Å². The van der Waals surface area contributed by atoms with Gasteiger partial charge in [-0.05, 0) is 41.4 Å². The van der Waals surface area contributed by atoms with Crippen molar-refractivity contribution in [3.05, 3.63) is 21.9 Å². The van der Waals surface area contributed by atoms with Gasteiger partial charge in [-0.25, -0.2) is 4.98 Å². The van der Waals surface area contributed by atoms with Gasteiger partial charge in [0, 0.05) is 0 Å². The summed E-state index contributed by atoms with van der Waals surface area (Å²) < 4.78 is 0.844. The largest absolute Gasteiger partial charge is 0.397 e. The average Bonchev–Trinajstić information content (AvgIpc) is 1.82. The summed E-state index contributed by atoms with van der Waals surface area (Å²) in [5, 5.41) is 0. The van der Waals surface area contributed by atoms with Gasteiger partial charge in [0.2, 0.25) is 0 Å². The number of aryl methyl sites for hydroxylation is 2. The Morgan fingerprint density at radius 3 is 2.60 bits per heavy atom. The van der Waals surface area contributed by atoms with Crippen LogP contribution in [0.25, 0.3) is 0 Å². The monoisotopic (exact) mass is 200 g/mol. The van der Waals surface area contributed by atoms with Crippen molar-refractivity contribution in [2.24, 2.45) is 0 Å². The maximum atomic E-state index is 5.67. The second-order valence-corrected chi connectivity index (χ2v) is 3.07. The summed E-state index contributed by atoms with van der Waals surface area (Å²) in [5.74, 6) is 0. The molecule has 1 aromatic heterocycles. The molecule has 10 heavy (non-hydrogen) atoms. The van der Waals surface area contributed by atoms with Gasteiger partial charge in [-0.3, -0.25) is 0 Å². The molecule has 0 unspecified atom stereocenters. The van der Waals surface area contributed by atoms with Crippen LogP contribution in [0.5, 0.6) is 0 Å². The molecule has 0 bridgehead atoms. The molecule has 0 atom stereocenters. The highest BCUT2D eigenvalue weighted by Crippen LogP contribution is 2.17. The topological polar surface area (TPSA) is 38.9 Å². The van der Waals surface area contributed by atoms with Crippen molar-refractivity contribution < 1.29 is 0 Å². The molecular weight excluding hydrogens is 192 g/mol. The van der Waals surface area contributed by atoms with Crippen LogP contribution in [-0.4, -0.2) is 4.98 Å². The molecular formula is C7H9BrN2. The number of hydrogen-bond acceptors (Lipinski definition) is 2. The summed E-state index contributed by atoms with van der Waals surface area (Å²) in [6.45, 7) is 3.86. The summed E-state index contributed by atoms with van der Waals surface area (Å²) in [6.07, 6.45) is 0. The van der Waals surface area contributed by atoms with Crippen LogP contribution in [0.3, 0.4) is 0 Å². The van der Waals surface area contributed by atoms with Gasteiger partial charge in [0.1, 0.15) is 4.60 Å². The Labute approximate surface area is 68.6 Å². The molecule has 0 fully saturated rings. The van der Waals surface area contributed by atoms with Gasteiger partial charge in [0.05, 0.1) is 11.4 Å². The third kappa shape index (κ3) is 1.29. The highest BCUT2D eigenvalue weighted by Gasteiger charge is 1.99. The fourth-order valence-electron chi connectivity index (χ4n) is 0.794. The van der Waals surface area contributed by atoms with E-state index in [9.17, 15) is 0 Å². The van der Waals surface area contributed by atoms with Crippen molar-refractivity contribution in [2.45, 2.75) is 13.8 Å². The number of nitrogens with zero attached hydrogens (tertiary/aromatic N) is 1. The van der Waals surface area contributed by atoms with Crippen LogP contribution in [0.2, 0.25) is 0 Å². The maximum Gasteiger partial charge on any atom is 0.106 e. The van der Waals surface area contributed by atoms with Crippen LogP contribution in [0.15, 0.2) is 10.7 Å². The Morgan fingerprint density at radius 1 is 1.50 bits per heavy atom. The number of aromatic nitrogens is 1. The first-order valence-electron chi connectivity index (χ1n) is 3.00. The number of nitrogens with two attached hydrogens (primary N) is 1. The molecule has 0 saturated heterocycles. The Balaban J connectivity index is 3.31. The third-order valence-corrected chi connectivity index (χ3v) is 1.83. The first kappa shape index (κ1) is 7.54. The molecule has 3 heteroatoms. The molecule has 0 aliphatic heterocycles. The maximum absolute atomic E-state index is 5.67. The zero-order valence-electron chi connectivity index (χ0n) is 5.98. The number of nitrogen functional groups attached to an aromatic ring is 1. The standard InChI is InChI=1S/C7H9BrN2/c1-4-3-6(8)10-5(2)7(4)9/h3H,9H2,1-2H3. The second-order valence-electron chi connectivity index (χ2n) is 2.26. The zero-order valence-corrected chi connectivity index (χ0v) is 7.57. The molecule has 1 heterocycles. The zero-order chi connectivity index (χ0) is 7.72. The van der Waals surface area contributed by atoms with E-state index in [1.54, 1.807) is 0 Å². The van der Waals surface area contributed by atoms with Crippen LogP contribution in [0, 0.1) is 13.8 Å². The van der Waals surface area contributed by atoms with E-state index in [1.807, 2.05) is 19.9 Å². The van der Waals surface area contributed by atoms with Crippen molar-refractivity contribution in [3.63, 3.8) is 0 Å². The lowest BCUT2D eigenvalue weighted by Gasteiger charge is -2.02. The molecule has 54 valence electrons. The van der Waals surface area contributed by atoms with E-state index in [2.05, 4.69) is 20.9 Å².